The summed E-state index contributed by atoms with van der Waals surface area (Å²) in [5, 5.41) is 3.54. The smallest absolute Gasteiger partial charge is 0.356 e. The van der Waals surface area contributed by atoms with Gasteiger partial charge in [0, 0.05) is 19.4 Å². The lowest BCUT2D eigenvalue weighted by Gasteiger charge is -1.96. The molecule has 16 heavy (non-hydrogen) atoms. The molecule has 0 unspecified atom stereocenters. The van der Waals surface area contributed by atoms with Crippen molar-refractivity contribution in [3.63, 3.8) is 0 Å². The van der Waals surface area contributed by atoms with Crippen LogP contribution in [0.1, 0.15) is 24.3 Å². The zero-order valence-electron chi connectivity index (χ0n) is 10.0. The van der Waals surface area contributed by atoms with Gasteiger partial charge >= 0.3 is 5.97 Å². The highest BCUT2D eigenvalue weighted by atomic mass is 32.2. The Kier molecular flexibility index (Phi) is 5.16. The summed E-state index contributed by atoms with van der Waals surface area (Å²) in [4.78, 5) is 11.1. The molecule has 0 aliphatic carbocycles. The van der Waals surface area contributed by atoms with Crippen molar-refractivity contribution in [3.05, 3.63) is 11.8 Å². The molecule has 1 aromatic rings. The van der Waals surface area contributed by atoms with Crippen molar-refractivity contribution in [1.29, 1.82) is 0 Å². The molecular weight excluding hydrogens is 232 g/mol. The topological polar surface area (TPSA) is 78.3 Å². The first kappa shape index (κ1) is 14.6. The first-order valence-electron chi connectivity index (χ1n) is 4.68. The van der Waals surface area contributed by atoms with E-state index in [2.05, 4.69) is 9.84 Å². The summed E-state index contributed by atoms with van der Waals surface area (Å²) in [6.07, 6.45) is 1.02. The highest BCUT2D eigenvalue weighted by molar-refractivity contribution is 7.90. The van der Waals surface area contributed by atoms with E-state index in [4.69, 9.17) is 0 Å². The molecule has 0 N–H and O–H groups in total. The molecular formula is C9H16N2O4S. The summed E-state index contributed by atoms with van der Waals surface area (Å²) >= 11 is 0. The van der Waals surface area contributed by atoms with E-state index >= 15 is 0 Å². The number of aromatic nitrogens is 2. The molecule has 0 aliphatic rings. The molecule has 92 valence electrons. The Morgan fingerprint density at radius 1 is 1.44 bits per heavy atom. The van der Waals surface area contributed by atoms with Crippen molar-refractivity contribution in [1.82, 2.24) is 9.78 Å². The van der Waals surface area contributed by atoms with Crippen molar-refractivity contribution < 1.29 is 17.9 Å². The van der Waals surface area contributed by atoms with Gasteiger partial charge in [-0.25, -0.2) is 13.2 Å². The van der Waals surface area contributed by atoms with Crippen LogP contribution in [0.4, 0.5) is 0 Å². The van der Waals surface area contributed by atoms with Crippen molar-refractivity contribution in [2.75, 3.05) is 13.4 Å². The average molecular weight is 248 g/mol. The Morgan fingerprint density at radius 3 is 2.25 bits per heavy atom. The summed E-state index contributed by atoms with van der Waals surface area (Å²) in [5.41, 5.74) is 0.105. The normalized spacial score (nSPS) is 10.3. The van der Waals surface area contributed by atoms with Gasteiger partial charge in [0.15, 0.2) is 14.9 Å². The molecule has 7 heteroatoms. The number of ether oxygens (including phenoxy) is 1. The number of carbonyl (C=O) groups is 1. The van der Waals surface area contributed by atoms with E-state index in [9.17, 15) is 13.2 Å². The van der Waals surface area contributed by atoms with E-state index in [0.29, 0.717) is 0 Å². The van der Waals surface area contributed by atoms with Gasteiger partial charge in [-0.2, -0.15) is 5.10 Å². The van der Waals surface area contributed by atoms with Crippen LogP contribution in [0.25, 0.3) is 0 Å². The number of nitrogens with zero attached hydrogens (tertiary/aromatic N) is 2. The third-order valence-electron chi connectivity index (χ3n) is 1.63. The zero-order chi connectivity index (χ0) is 12.9. The van der Waals surface area contributed by atoms with Crippen LogP contribution in [0, 0.1) is 0 Å². The van der Waals surface area contributed by atoms with Gasteiger partial charge in [-0.15, -0.1) is 0 Å². The van der Waals surface area contributed by atoms with Gasteiger partial charge < -0.3 is 4.74 Å². The summed E-state index contributed by atoms with van der Waals surface area (Å²) in [5.74, 6) is -0.616. The third kappa shape index (κ3) is 3.34. The molecule has 0 aromatic carbocycles. The third-order valence-corrected chi connectivity index (χ3v) is 2.59. The Balaban J connectivity index is 0.00000106. The van der Waals surface area contributed by atoms with Crippen LogP contribution in [0.15, 0.2) is 11.1 Å². The minimum absolute atomic E-state index is 0.105. The first-order valence-corrected chi connectivity index (χ1v) is 6.58. The number of esters is 1. The van der Waals surface area contributed by atoms with E-state index in [1.54, 1.807) is 0 Å². The fourth-order valence-electron chi connectivity index (χ4n) is 0.918. The van der Waals surface area contributed by atoms with E-state index in [1.807, 2.05) is 13.8 Å². The van der Waals surface area contributed by atoms with E-state index in [-0.39, 0.29) is 10.7 Å². The van der Waals surface area contributed by atoms with Crippen molar-refractivity contribution in [2.24, 2.45) is 7.05 Å². The molecule has 1 heterocycles. The molecule has 0 radical (unpaired) electrons. The van der Waals surface area contributed by atoms with Gasteiger partial charge in [0.2, 0.25) is 0 Å². The predicted octanol–water partition coefficient (Wildman–Crippen LogP) is 0.636. The molecule has 0 spiro atoms. The largest absolute Gasteiger partial charge is 0.464 e. The standard InChI is InChI=1S/C7H10N2O4S.C2H6/c1-9-5(7(10)13-2)4-6(8-9)14(3,11)12;1-2/h4H,1-3H3;1-2H3. The van der Waals surface area contributed by atoms with E-state index in [0.717, 1.165) is 6.26 Å². The number of aryl methyl sites for hydroxylation is 1. The molecule has 0 bridgehead atoms. The van der Waals surface area contributed by atoms with Gasteiger partial charge in [0.1, 0.15) is 5.69 Å². The van der Waals surface area contributed by atoms with Crippen LogP contribution in [0.5, 0.6) is 0 Å². The first-order chi connectivity index (χ1) is 7.36. The van der Waals surface area contributed by atoms with Gasteiger partial charge in [0.25, 0.3) is 0 Å². The maximum atomic E-state index is 11.1. The van der Waals surface area contributed by atoms with Crippen LogP contribution < -0.4 is 0 Å². The van der Waals surface area contributed by atoms with Crippen molar-refractivity contribution in [2.45, 2.75) is 18.9 Å². The molecule has 0 fully saturated rings. The van der Waals surface area contributed by atoms with E-state index in [1.165, 1.54) is 24.9 Å². The van der Waals surface area contributed by atoms with Crippen LogP contribution >= 0.6 is 0 Å². The van der Waals surface area contributed by atoms with Crippen molar-refractivity contribution in [3.8, 4) is 0 Å². The lowest BCUT2D eigenvalue weighted by atomic mass is 10.4. The Bertz CT molecular complexity index is 462. The Hall–Kier alpha value is -1.37. The predicted molar refractivity (Wildman–Crippen MR) is 59.0 cm³/mol. The summed E-state index contributed by atoms with van der Waals surface area (Å²) in [6, 6.07) is 1.18. The van der Waals surface area contributed by atoms with Crippen LogP contribution in [-0.2, 0) is 21.6 Å². The number of carbonyl (C=O) groups excluding carboxylic acids is 1. The molecule has 6 nitrogen and oxygen atoms in total. The highest BCUT2D eigenvalue weighted by Crippen LogP contribution is 2.09. The van der Waals surface area contributed by atoms with Gasteiger partial charge in [-0.05, 0) is 0 Å². The minimum Gasteiger partial charge on any atom is -0.464 e. The van der Waals surface area contributed by atoms with Crippen molar-refractivity contribution >= 4 is 15.8 Å². The second-order valence-corrected chi connectivity index (χ2v) is 4.72. The second-order valence-electron chi connectivity index (χ2n) is 2.76. The number of hydrogen-bond donors (Lipinski definition) is 0. The zero-order valence-corrected chi connectivity index (χ0v) is 10.8. The second kappa shape index (κ2) is 5.64. The summed E-state index contributed by atoms with van der Waals surface area (Å²) < 4.78 is 27.8. The molecule has 1 aromatic heterocycles. The fraction of sp³-hybridized carbons (Fsp3) is 0.556. The fourth-order valence-corrected chi connectivity index (χ4v) is 1.51. The molecule has 1 rings (SSSR count). The summed E-state index contributed by atoms with van der Waals surface area (Å²) in [6.45, 7) is 4.00. The quantitative estimate of drug-likeness (QED) is 0.717. The Labute approximate surface area is 95.1 Å². The van der Waals surface area contributed by atoms with Gasteiger partial charge in [-0.3, -0.25) is 4.68 Å². The number of sulfone groups is 1. The van der Waals surface area contributed by atoms with E-state index < -0.39 is 15.8 Å². The minimum atomic E-state index is -3.39. The molecule has 0 saturated heterocycles. The van der Waals surface area contributed by atoms with Gasteiger partial charge in [0.05, 0.1) is 7.11 Å². The molecule has 0 atom stereocenters. The number of methoxy groups -OCH3 is 1. The maximum Gasteiger partial charge on any atom is 0.356 e. The lowest BCUT2D eigenvalue weighted by molar-refractivity contribution is 0.0588. The molecule has 0 amide bonds. The summed E-state index contributed by atoms with van der Waals surface area (Å²) in [7, 11) is -0.695. The monoisotopic (exact) mass is 248 g/mol. The molecule has 0 aliphatic heterocycles. The molecule has 0 saturated carbocycles. The highest BCUT2D eigenvalue weighted by Gasteiger charge is 2.18. The van der Waals surface area contributed by atoms with Crippen LogP contribution in [-0.4, -0.2) is 37.5 Å². The van der Waals surface area contributed by atoms with Crippen LogP contribution in [0.2, 0.25) is 0 Å². The van der Waals surface area contributed by atoms with Gasteiger partial charge in [-0.1, -0.05) is 13.8 Å². The Morgan fingerprint density at radius 2 is 1.94 bits per heavy atom. The average Bonchev–Trinajstić information content (AvgIpc) is 2.62. The maximum absolute atomic E-state index is 11.1. The number of rotatable bonds is 2. The lowest BCUT2D eigenvalue weighted by Crippen LogP contribution is -2.08. The SMILES string of the molecule is CC.COC(=O)c1cc(S(C)(=O)=O)nn1C. The number of hydrogen-bond acceptors (Lipinski definition) is 5. The van der Waals surface area contributed by atoms with Crippen LogP contribution in [0.3, 0.4) is 0 Å².